The maximum Gasteiger partial charge on any atom is 0.255 e. The van der Waals surface area contributed by atoms with E-state index in [2.05, 4.69) is 47.7 Å². The van der Waals surface area contributed by atoms with Gasteiger partial charge in [0.2, 0.25) is 23.6 Å². The van der Waals surface area contributed by atoms with Crippen molar-refractivity contribution >= 4 is 57.5 Å². The summed E-state index contributed by atoms with van der Waals surface area (Å²) in [4.78, 5) is 80.7. The van der Waals surface area contributed by atoms with Gasteiger partial charge in [0.05, 0.1) is 18.3 Å². The summed E-state index contributed by atoms with van der Waals surface area (Å²) in [5.74, 6) is 0.604. The largest absolute Gasteiger partial charge is 0.495 e. The molecular formula is C55H60FN9O7. The van der Waals surface area contributed by atoms with E-state index in [0.717, 1.165) is 119 Å². The molecule has 0 unspecified atom stereocenters. The molecule has 5 amide bonds. The van der Waals surface area contributed by atoms with Crippen LogP contribution < -0.4 is 30.3 Å². The Labute approximate surface area is 417 Å². The lowest BCUT2D eigenvalue weighted by Gasteiger charge is -2.40. The van der Waals surface area contributed by atoms with E-state index >= 15 is 0 Å². The normalized spacial score (nSPS) is 20.5. The number of aromatic nitrogens is 1. The summed E-state index contributed by atoms with van der Waals surface area (Å²) < 4.78 is 25.7. The average molecular weight is 978 g/mol. The van der Waals surface area contributed by atoms with Crippen molar-refractivity contribution in [2.75, 3.05) is 88.1 Å². The van der Waals surface area contributed by atoms with Gasteiger partial charge in [0, 0.05) is 113 Å². The number of hydrogen-bond acceptors (Lipinski definition) is 12. The van der Waals surface area contributed by atoms with Gasteiger partial charge in [0.15, 0.2) is 0 Å². The first kappa shape index (κ1) is 47.4. The van der Waals surface area contributed by atoms with E-state index in [-0.39, 0.29) is 30.0 Å². The molecule has 3 saturated heterocycles. The predicted octanol–water partition coefficient (Wildman–Crippen LogP) is 6.19. The molecule has 3 N–H and O–H groups in total. The van der Waals surface area contributed by atoms with E-state index in [4.69, 9.17) is 14.5 Å². The maximum atomic E-state index is 13.5. The van der Waals surface area contributed by atoms with Crippen molar-refractivity contribution in [3.63, 3.8) is 0 Å². The number of imide groups is 1. The molecule has 5 aromatic rings. The van der Waals surface area contributed by atoms with Crippen molar-refractivity contribution in [3.05, 3.63) is 113 Å². The Hall–Kier alpha value is -6.95. The molecule has 6 heterocycles. The molecule has 0 spiro atoms. The number of ether oxygens (including phenoxy) is 2. The van der Waals surface area contributed by atoms with E-state index in [1.54, 1.807) is 42.5 Å². The van der Waals surface area contributed by atoms with Gasteiger partial charge in [-0.25, -0.2) is 4.39 Å². The van der Waals surface area contributed by atoms with Gasteiger partial charge >= 0.3 is 0 Å². The third-order valence-corrected chi connectivity index (χ3v) is 15.7. The van der Waals surface area contributed by atoms with Crippen LogP contribution in [-0.2, 0) is 38.7 Å². The number of methoxy groups -OCH3 is 1. The van der Waals surface area contributed by atoms with Crippen LogP contribution in [0.4, 0.5) is 21.5 Å². The molecule has 4 aromatic carbocycles. The van der Waals surface area contributed by atoms with Gasteiger partial charge in [0.1, 0.15) is 34.5 Å². The molecule has 1 saturated carbocycles. The van der Waals surface area contributed by atoms with Crippen molar-refractivity contribution in [1.82, 2.24) is 29.9 Å². The number of carbonyl (C=O) groups excluding carboxylic acids is 5. The third-order valence-electron chi connectivity index (χ3n) is 15.7. The molecule has 72 heavy (non-hydrogen) atoms. The van der Waals surface area contributed by atoms with E-state index < -0.39 is 23.2 Å². The quantitative estimate of drug-likeness (QED) is 0.0855. The average Bonchev–Trinajstić information content (AvgIpc) is 4.15. The zero-order valence-electron chi connectivity index (χ0n) is 40.6. The van der Waals surface area contributed by atoms with E-state index in [1.807, 2.05) is 18.2 Å². The van der Waals surface area contributed by atoms with Crippen molar-refractivity contribution in [3.8, 4) is 17.2 Å². The second-order valence-corrected chi connectivity index (χ2v) is 20.2. The highest BCUT2D eigenvalue weighted by molar-refractivity contribution is 6.17. The number of benzene rings is 4. The number of amides is 5. The van der Waals surface area contributed by atoms with Crippen LogP contribution in [0.2, 0.25) is 0 Å². The standard InChI is InChI=1S/C55H60FN9O7/c1-71-49-30-42-45(57-20-14-48(42)72-40-9-7-39(8-10-40)59-54(70)55(18-19-55)53(69)58-38-5-3-37(56)4-6-38)31-47(49)64-22-15-35(16-23-64)32-63-28-25-61(26-29-63)24-27-62-21-17-36-2-11-41-44(43(36)33-62)34-65(52(41)68)46-12-13-50(66)60-51(46)67/h2-11,14,20,30-31,35,46H,12-13,15-19,21-29,32-34H2,1H3,(H,58,69)(H,59,70)(H,60,66,67)/t46-/m0/s1. The Morgan fingerprint density at radius 2 is 1.44 bits per heavy atom. The predicted molar refractivity (Wildman–Crippen MR) is 269 cm³/mol. The molecule has 4 fully saturated rings. The first-order valence-corrected chi connectivity index (χ1v) is 25.3. The number of nitrogens with one attached hydrogen (secondary N) is 3. The molecule has 0 bridgehead atoms. The highest BCUT2D eigenvalue weighted by Crippen LogP contribution is 2.48. The lowest BCUT2D eigenvalue weighted by atomic mass is 9.92. The molecule has 11 rings (SSSR count). The lowest BCUT2D eigenvalue weighted by molar-refractivity contribution is -0.137. The van der Waals surface area contributed by atoms with Gasteiger partial charge in [0.25, 0.3) is 5.91 Å². The van der Waals surface area contributed by atoms with Crippen LogP contribution in [0.1, 0.15) is 65.6 Å². The molecule has 1 aliphatic carbocycles. The molecule has 1 aromatic heterocycles. The van der Waals surface area contributed by atoms with Crippen LogP contribution in [0.15, 0.2) is 85.1 Å². The Bertz CT molecular complexity index is 2910. The highest BCUT2D eigenvalue weighted by atomic mass is 19.1. The summed E-state index contributed by atoms with van der Waals surface area (Å²) in [5.41, 5.74) is 5.89. The molecule has 1 atom stereocenters. The molecule has 17 heteroatoms. The second-order valence-electron chi connectivity index (χ2n) is 20.2. The molecular weight excluding hydrogens is 918 g/mol. The number of anilines is 3. The number of piperidine rings is 2. The fourth-order valence-corrected chi connectivity index (χ4v) is 11.2. The lowest BCUT2D eigenvalue weighted by Crippen LogP contribution is -2.52. The summed E-state index contributed by atoms with van der Waals surface area (Å²) in [6.45, 7) is 11.4. The van der Waals surface area contributed by atoms with Crippen LogP contribution in [0, 0.1) is 17.2 Å². The fourth-order valence-electron chi connectivity index (χ4n) is 11.2. The smallest absolute Gasteiger partial charge is 0.255 e. The Balaban J connectivity index is 0.635. The van der Waals surface area contributed by atoms with Gasteiger partial charge < -0.3 is 34.8 Å². The fraction of sp³-hybridized carbons (Fsp3) is 0.418. The number of pyridine rings is 1. The van der Waals surface area contributed by atoms with Crippen LogP contribution in [0.5, 0.6) is 17.2 Å². The molecule has 5 aliphatic heterocycles. The summed E-state index contributed by atoms with van der Waals surface area (Å²) in [5, 5.41) is 8.84. The number of rotatable bonds is 14. The summed E-state index contributed by atoms with van der Waals surface area (Å²) in [6, 6.07) is 21.8. The zero-order chi connectivity index (χ0) is 49.5. The van der Waals surface area contributed by atoms with Crippen molar-refractivity contribution in [2.24, 2.45) is 11.3 Å². The van der Waals surface area contributed by atoms with Gasteiger partial charge in [-0.1, -0.05) is 6.07 Å². The second kappa shape index (κ2) is 19.9. The first-order valence-electron chi connectivity index (χ1n) is 25.3. The number of fused-ring (bicyclic) bond motifs is 4. The van der Waals surface area contributed by atoms with Crippen LogP contribution >= 0.6 is 0 Å². The Morgan fingerprint density at radius 3 is 2.14 bits per heavy atom. The molecule has 0 radical (unpaired) electrons. The minimum absolute atomic E-state index is 0.110. The van der Waals surface area contributed by atoms with Crippen LogP contribution in [0.3, 0.4) is 0 Å². The van der Waals surface area contributed by atoms with E-state index in [9.17, 15) is 28.4 Å². The topological polar surface area (TPSA) is 169 Å². The number of hydrogen-bond donors (Lipinski definition) is 3. The molecule has 374 valence electrons. The highest BCUT2D eigenvalue weighted by Gasteiger charge is 2.56. The Morgan fingerprint density at radius 1 is 0.750 bits per heavy atom. The van der Waals surface area contributed by atoms with Crippen LogP contribution in [0.25, 0.3) is 10.9 Å². The zero-order valence-corrected chi connectivity index (χ0v) is 40.6. The van der Waals surface area contributed by atoms with Crippen molar-refractivity contribution in [1.29, 1.82) is 0 Å². The molecule has 6 aliphatic rings. The minimum atomic E-state index is -1.17. The van der Waals surface area contributed by atoms with Gasteiger partial charge in [-0.2, -0.15) is 0 Å². The summed E-state index contributed by atoms with van der Waals surface area (Å²) in [6.07, 6.45) is 6.35. The van der Waals surface area contributed by atoms with E-state index in [0.29, 0.717) is 60.2 Å². The Kier molecular flexibility index (Phi) is 13.1. The summed E-state index contributed by atoms with van der Waals surface area (Å²) in [7, 11) is 1.69. The third kappa shape index (κ3) is 9.72. The first-order chi connectivity index (χ1) is 35.0. The van der Waals surface area contributed by atoms with Crippen molar-refractivity contribution < 1.29 is 37.8 Å². The SMILES string of the molecule is COc1cc2c(Oc3ccc(NC(=O)C4(C(=O)Nc5ccc(F)cc5)CC4)cc3)ccnc2cc1N1CCC(CN2CCN(CCN3CCc4ccc5c(c4C3)CN([C@H]3CCC(=O)NC3=O)C5=O)CC2)CC1. The maximum absolute atomic E-state index is 13.5. The number of halogens is 1. The van der Waals surface area contributed by atoms with Gasteiger partial charge in [-0.05, 0) is 134 Å². The minimum Gasteiger partial charge on any atom is -0.495 e. The number of piperazine rings is 1. The summed E-state index contributed by atoms with van der Waals surface area (Å²) >= 11 is 0. The van der Waals surface area contributed by atoms with Gasteiger partial charge in [-0.15, -0.1) is 0 Å². The number of nitrogens with zero attached hydrogens (tertiary/aromatic N) is 6. The van der Waals surface area contributed by atoms with Crippen LogP contribution in [-0.4, -0.2) is 133 Å². The number of carbonyl (C=O) groups is 5. The van der Waals surface area contributed by atoms with Gasteiger partial charge in [-0.3, -0.25) is 44.1 Å². The van der Waals surface area contributed by atoms with Crippen molar-refractivity contribution in [2.45, 2.75) is 64.1 Å². The molecule has 16 nitrogen and oxygen atoms in total. The monoisotopic (exact) mass is 977 g/mol. The van der Waals surface area contributed by atoms with E-state index in [1.165, 1.54) is 35.4 Å².